The summed E-state index contributed by atoms with van der Waals surface area (Å²) < 4.78 is 0. The molecule has 2 fully saturated rings. The van der Waals surface area contributed by atoms with E-state index in [1.165, 1.54) is 4.90 Å². The van der Waals surface area contributed by atoms with Gasteiger partial charge in [0.05, 0.1) is 5.92 Å². The summed E-state index contributed by atoms with van der Waals surface area (Å²) in [6.07, 6.45) is 0.461. The lowest BCUT2D eigenvalue weighted by Crippen LogP contribution is -2.65. The van der Waals surface area contributed by atoms with Crippen molar-refractivity contribution in [3.05, 3.63) is 0 Å². The van der Waals surface area contributed by atoms with Gasteiger partial charge in [0.25, 0.3) is 0 Å². The fourth-order valence-corrected chi connectivity index (χ4v) is 2.93. The Morgan fingerprint density at radius 1 is 1.35 bits per heavy atom. The molecule has 2 aliphatic heterocycles. The minimum Gasteiger partial charge on any atom is -0.481 e. The lowest BCUT2D eigenvalue weighted by molar-refractivity contribution is -0.142. The predicted molar refractivity (Wildman–Crippen MR) is 71.1 cm³/mol. The fourth-order valence-electron chi connectivity index (χ4n) is 2.93. The highest BCUT2D eigenvalue weighted by atomic mass is 16.4. The smallest absolute Gasteiger partial charge is 0.321 e. The van der Waals surface area contributed by atoms with E-state index in [1.807, 2.05) is 0 Å². The topological polar surface area (TPSA) is 89.9 Å². The monoisotopic (exact) mass is 283 g/mol. The number of likely N-dealkylation sites (tertiary alicyclic amines) is 1. The van der Waals surface area contributed by atoms with Gasteiger partial charge in [0.15, 0.2) is 0 Å². The van der Waals surface area contributed by atoms with Gasteiger partial charge in [-0.1, -0.05) is 0 Å². The van der Waals surface area contributed by atoms with Gasteiger partial charge in [-0.2, -0.15) is 0 Å². The Kier molecular flexibility index (Phi) is 3.62. The van der Waals surface area contributed by atoms with Crippen LogP contribution in [-0.4, -0.2) is 64.0 Å². The molecular weight excluding hydrogens is 262 g/mol. The first-order valence-electron chi connectivity index (χ1n) is 6.86. The third-order valence-corrected chi connectivity index (χ3v) is 4.40. The molecule has 2 aliphatic rings. The predicted octanol–water partition coefficient (Wildman–Crippen LogP) is 0.112. The first-order chi connectivity index (χ1) is 9.26. The van der Waals surface area contributed by atoms with Gasteiger partial charge in [-0.15, -0.1) is 0 Å². The molecule has 20 heavy (non-hydrogen) atoms. The highest BCUT2D eigenvalue weighted by molar-refractivity contribution is 5.91. The summed E-state index contributed by atoms with van der Waals surface area (Å²) in [7, 11) is 0. The van der Waals surface area contributed by atoms with Gasteiger partial charge < -0.3 is 20.2 Å². The largest absolute Gasteiger partial charge is 0.481 e. The van der Waals surface area contributed by atoms with Crippen LogP contribution >= 0.6 is 0 Å². The van der Waals surface area contributed by atoms with Crippen molar-refractivity contribution in [2.75, 3.05) is 19.6 Å². The van der Waals surface area contributed by atoms with E-state index in [1.54, 1.807) is 25.7 Å². The Labute approximate surface area is 117 Å². The minimum absolute atomic E-state index is 0.182. The van der Waals surface area contributed by atoms with Crippen molar-refractivity contribution in [1.82, 2.24) is 15.1 Å². The highest BCUT2D eigenvalue weighted by Crippen LogP contribution is 2.28. The zero-order valence-electron chi connectivity index (χ0n) is 12.0. The number of aliphatic carboxylic acids is 1. The Morgan fingerprint density at radius 2 is 2.00 bits per heavy atom. The maximum atomic E-state index is 12.6. The average molecular weight is 283 g/mol. The zero-order valence-corrected chi connectivity index (χ0v) is 12.0. The Bertz CT molecular complexity index is 449. The second-order valence-corrected chi connectivity index (χ2v) is 5.92. The molecule has 0 bridgehead atoms. The maximum Gasteiger partial charge on any atom is 0.321 e. The van der Waals surface area contributed by atoms with E-state index in [2.05, 4.69) is 5.32 Å². The molecule has 2 atom stereocenters. The van der Waals surface area contributed by atoms with Crippen LogP contribution in [0.5, 0.6) is 0 Å². The molecule has 0 saturated carbocycles. The number of rotatable bonds is 1. The standard InChI is InChI=1S/C13H21N3O4/c1-8-9(10(17)18)4-6-15(8)12(20)16-7-5-14-11(19)13(16,2)3/h8-9H,4-7H2,1-3H3,(H,14,19)(H,17,18). The summed E-state index contributed by atoms with van der Waals surface area (Å²) in [6.45, 7) is 6.45. The number of urea groups is 1. The minimum atomic E-state index is -0.906. The quantitative estimate of drug-likeness (QED) is 0.715. The summed E-state index contributed by atoms with van der Waals surface area (Å²) >= 11 is 0. The first kappa shape index (κ1) is 14.6. The van der Waals surface area contributed by atoms with Gasteiger partial charge in [0.2, 0.25) is 5.91 Å². The molecule has 2 N–H and O–H groups in total. The number of carboxylic acid groups (broad SMARTS) is 1. The van der Waals surface area contributed by atoms with Crippen LogP contribution in [0.25, 0.3) is 0 Å². The van der Waals surface area contributed by atoms with E-state index in [4.69, 9.17) is 5.11 Å². The van der Waals surface area contributed by atoms with Crippen molar-refractivity contribution in [3.63, 3.8) is 0 Å². The molecule has 7 heteroatoms. The van der Waals surface area contributed by atoms with Gasteiger partial charge in [-0.05, 0) is 27.2 Å². The molecule has 0 radical (unpaired) electrons. The number of hydrogen-bond acceptors (Lipinski definition) is 3. The SMILES string of the molecule is CC1C(C(=O)O)CCN1C(=O)N1CCNC(=O)C1(C)C. The number of piperazine rings is 1. The molecule has 2 saturated heterocycles. The van der Waals surface area contributed by atoms with Crippen LogP contribution in [0, 0.1) is 5.92 Å². The average Bonchev–Trinajstić information content (AvgIpc) is 2.74. The number of carbonyl (C=O) groups is 3. The molecule has 2 rings (SSSR count). The fraction of sp³-hybridized carbons (Fsp3) is 0.769. The molecule has 0 aliphatic carbocycles. The van der Waals surface area contributed by atoms with E-state index >= 15 is 0 Å². The third-order valence-electron chi connectivity index (χ3n) is 4.40. The summed E-state index contributed by atoms with van der Waals surface area (Å²) in [5.74, 6) is -1.58. The molecule has 7 nitrogen and oxygen atoms in total. The highest BCUT2D eigenvalue weighted by Gasteiger charge is 2.46. The van der Waals surface area contributed by atoms with Crippen LogP contribution in [0.4, 0.5) is 4.79 Å². The Hall–Kier alpha value is -1.79. The van der Waals surface area contributed by atoms with Gasteiger partial charge in [-0.3, -0.25) is 9.59 Å². The van der Waals surface area contributed by atoms with Gasteiger partial charge >= 0.3 is 12.0 Å². The summed E-state index contributed by atoms with van der Waals surface area (Å²) in [5.41, 5.74) is -0.906. The van der Waals surface area contributed by atoms with E-state index < -0.39 is 17.4 Å². The lowest BCUT2D eigenvalue weighted by Gasteiger charge is -2.43. The Balaban J connectivity index is 2.16. The van der Waals surface area contributed by atoms with E-state index in [9.17, 15) is 14.4 Å². The number of amides is 3. The van der Waals surface area contributed by atoms with Gasteiger partial charge in [-0.25, -0.2) is 4.79 Å². The number of carboxylic acids is 1. The van der Waals surface area contributed by atoms with Gasteiger partial charge in [0.1, 0.15) is 5.54 Å². The third kappa shape index (κ3) is 2.21. The maximum absolute atomic E-state index is 12.6. The number of nitrogens with zero attached hydrogens (tertiary/aromatic N) is 2. The first-order valence-corrected chi connectivity index (χ1v) is 6.86. The molecule has 0 aromatic heterocycles. The van der Waals surface area contributed by atoms with Crippen molar-refractivity contribution in [2.24, 2.45) is 5.92 Å². The van der Waals surface area contributed by atoms with Crippen LogP contribution in [-0.2, 0) is 9.59 Å². The van der Waals surface area contributed by atoms with Crippen molar-refractivity contribution < 1.29 is 19.5 Å². The van der Waals surface area contributed by atoms with E-state index in [0.29, 0.717) is 26.1 Å². The normalized spacial score (nSPS) is 29.2. The summed E-state index contributed by atoms with van der Waals surface area (Å²) in [6, 6.07) is -0.595. The van der Waals surface area contributed by atoms with Gasteiger partial charge in [0, 0.05) is 25.7 Å². The second-order valence-electron chi connectivity index (χ2n) is 5.92. The van der Waals surface area contributed by atoms with Crippen molar-refractivity contribution >= 4 is 17.9 Å². The molecular formula is C13H21N3O4. The number of carbonyl (C=O) groups excluding carboxylic acids is 2. The summed E-state index contributed by atoms with van der Waals surface area (Å²) in [5, 5.41) is 11.9. The summed E-state index contributed by atoms with van der Waals surface area (Å²) in [4.78, 5) is 38.7. The number of hydrogen-bond donors (Lipinski definition) is 2. The van der Waals surface area contributed by atoms with Crippen LogP contribution in [0.1, 0.15) is 27.2 Å². The molecule has 0 aromatic carbocycles. The van der Waals surface area contributed by atoms with Crippen molar-refractivity contribution in [1.29, 1.82) is 0 Å². The molecule has 2 unspecified atom stereocenters. The lowest BCUT2D eigenvalue weighted by atomic mass is 9.99. The molecule has 112 valence electrons. The number of nitrogens with one attached hydrogen (secondary N) is 1. The van der Waals surface area contributed by atoms with E-state index in [-0.39, 0.29) is 18.0 Å². The molecule has 3 amide bonds. The molecule has 0 aromatic rings. The van der Waals surface area contributed by atoms with Crippen LogP contribution in [0.2, 0.25) is 0 Å². The zero-order chi connectivity index (χ0) is 15.1. The van der Waals surface area contributed by atoms with Crippen molar-refractivity contribution in [3.8, 4) is 0 Å². The molecule has 0 spiro atoms. The molecule has 2 heterocycles. The van der Waals surface area contributed by atoms with Crippen LogP contribution < -0.4 is 5.32 Å². The second kappa shape index (κ2) is 4.96. The van der Waals surface area contributed by atoms with E-state index in [0.717, 1.165) is 0 Å². The van der Waals surface area contributed by atoms with Crippen LogP contribution in [0.15, 0.2) is 0 Å². The van der Waals surface area contributed by atoms with Crippen molar-refractivity contribution in [2.45, 2.75) is 38.8 Å². The van der Waals surface area contributed by atoms with Crippen LogP contribution in [0.3, 0.4) is 0 Å². The Morgan fingerprint density at radius 3 is 2.55 bits per heavy atom.